The Hall–Kier alpha value is -1.63. The topological polar surface area (TPSA) is 30.5 Å². The summed E-state index contributed by atoms with van der Waals surface area (Å²) >= 11 is 12.3. The number of hydrogen-bond acceptors (Lipinski definition) is 3. The molecule has 146 valence electrons. The van der Waals surface area contributed by atoms with Crippen LogP contribution in [0.4, 0.5) is 13.2 Å². The summed E-state index contributed by atoms with van der Waals surface area (Å²) in [6, 6.07) is 9.33. The molecule has 1 aliphatic heterocycles. The number of nitrogens with one attached hydrogen (secondary N) is 1. The van der Waals surface area contributed by atoms with Gasteiger partial charge in [-0.25, -0.2) is 0 Å². The van der Waals surface area contributed by atoms with E-state index in [0.717, 1.165) is 25.9 Å². The minimum Gasteiger partial charge on any atom is -0.489 e. The fourth-order valence-electron chi connectivity index (χ4n) is 2.98. The lowest BCUT2D eigenvalue weighted by atomic mass is 9.99. The molecule has 1 N–H and O–H groups in total. The highest BCUT2D eigenvalue weighted by molar-refractivity contribution is 6.43. The van der Waals surface area contributed by atoms with Crippen molar-refractivity contribution in [3.05, 3.63) is 46.4 Å². The van der Waals surface area contributed by atoms with E-state index in [0.29, 0.717) is 27.8 Å². The lowest BCUT2D eigenvalue weighted by molar-refractivity contribution is -0.275. The largest absolute Gasteiger partial charge is 0.573 e. The van der Waals surface area contributed by atoms with Gasteiger partial charge in [0, 0.05) is 5.56 Å². The highest BCUT2D eigenvalue weighted by Crippen LogP contribution is 2.39. The van der Waals surface area contributed by atoms with Gasteiger partial charge in [-0.1, -0.05) is 41.4 Å². The Morgan fingerprint density at radius 1 is 1.04 bits per heavy atom. The van der Waals surface area contributed by atoms with E-state index < -0.39 is 6.36 Å². The van der Waals surface area contributed by atoms with E-state index in [1.807, 2.05) is 0 Å². The Balaban J connectivity index is 1.89. The van der Waals surface area contributed by atoms with Gasteiger partial charge in [0.2, 0.25) is 0 Å². The summed E-state index contributed by atoms with van der Waals surface area (Å²) in [5, 5.41) is 3.93. The van der Waals surface area contributed by atoms with E-state index in [1.54, 1.807) is 18.2 Å². The Kier molecular flexibility index (Phi) is 6.40. The van der Waals surface area contributed by atoms with E-state index in [2.05, 4.69) is 10.1 Å². The second kappa shape index (κ2) is 8.59. The van der Waals surface area contributed by atoms with Crippen molar-refractivity contribution in [2.75, 3.05) is 19.7 Å². The predicted molar refractivity (Wildman–Crippen MR) is 99.7 cm³/mol. The molecule has 1 saturated heterocycles. The van der Waals surface area contributed by atoms with Gasteiger partial charge in [-0.2, -0.15) is 0 Å². The maximum atomic E-state index is 12.7. The third-order valence-corrected chi connectivity index (χ3v) is 5.18. The molecule has 0 amide bonds. The van der Waals surface area contributed by atoms with Crippen molar-refractivity contribution in [2.45, 2.75) is 19.2 Å². The van der Waals surface area contributed by atoms with Crippen LogP contribution < -0.4 is 14.8 Å². The molecule has 3 nitrogen and oxygen atoms in total. The number of piperidine rings is 1. The Bertz CT molecular complexity index is 793. The minimum absolute atomic E-state index is 0.0272. The molecule has 2 aromatic rings. The van der Waals surface area contributed by atoms with Crippen LogP contribution in [0.3, 0.4) is 0 Å². The van der Waals surface area contributed by atoms with Crippen LogP contribution >= 0.6 is 23.2 Å². The molecule has 8 heteroatoms. The van der Waals surface area contributed by atoms with Gasteiger partial charge in [-0.15, -0.1) is 13.2 Å². The van der Waals surface area contributed by atoms with Gasteiger partial charge < -0.3 is 14.8 Å². The molecule has 0 atom stereocenters. The Morgan fingerprint density at radius 2 is 1.78 bits per heavy atom. The highest BCUT2D eigenvalue weighted by Gasteiger charge is 2.32. The molecule has 1 fully saturated rings. The summed E-state index contributed by atoms with van der Waals surface area (Å²) in [6.45, 7) is 2.07. The smallest absolute Gasteiger partial charge is 0.489 e. The molecule has 2 aromatic carbocycles. The van der Waals surface area contributed by atoms with Crippen molar-refractivity contribution >= 4 is 23.2 Å². The van der Waals surface area contributed by atoms with E-state index in [4.69, 9.17) is 27.9 Å². The third kappa shape index (κ3) is 5.43. The average Bonchev–Trinajstić information content (AvgIpc) is 2.63. The second-order valence-corrected chi connectivity index (χ2v) is 7.10. The summed E-state index contributed by atoms with van der Waals surface area (Å²) in [5.41, 5.74) is 1.20. The first kappa shape index (κ1) is 20.1. The summed E-state index contributed by atoms with van der Waals surface area (Å²) in [6.07, 6.45) is -2.98. The van der Waals surface area contributed by atoms with Gasteiger partial charge in [0.15, 0.2) is 11.5 Å². The van der Waals surface area contributed by atoms with E-state index in [1.165, 1.54) is 18.2 Å². The number of alkyl halides is 3. The van der Waals surface area contributed by atoms with Gasteiger partial charge in [-0.3, -0.25) is 0 Å². The molecule has 0 bridgehead atoms. The molecule has 0 aliphatic carbocycles. The van der Waals surface area contributed by atoms with Crippen LogP contribution in [-0.2, 0) is 0 Å². The zero-order chi connectivity index (χ0) is 19.4. The number of benzene rings is 2. The van der Waals surface area contributed by atoms with Crippen molar-refractivity contribution in [2.24, 2.45) is 5.92 Å². The van der Waals surface area contributed by atoms with Crippen LogP contribution in [0.5, 0.6) is 11.5 Å². The van der Waals surface area contributed by atoms with Gasteiger partial charge in [0.05, 0.1) is 16.7 Å². The average molecular weight is 420 g/mol. The molecule has 0 spiro atoms. The Labute approximate surface area is 165 Å². The van der Waals surface area contributed by atoms with Gasteiger partial charge in [0.1, 0.15) is 0 Å². The van der Waals surface area contributed by atoms with E-state index in [-0.39, 0.29) is 17.4 Å². The maximum absolute atomic E-state index is 12.7. The molecular weight excluding hydrogens is 402 g/mol. The molecule has 0 unspecified atom stereocenters. The van der Waals surface area contributed by atoms with Crippen LogP contribution in [0.15, 0.2) is 36.4 Å². The molecule has 0 saturated carbocycles. The van der Waals surface area contributed by atoms with Crippen molar-refractivity contribution in [3.8, 4) is 22.6 Å². The number of hydrogen-bond donors (Lipinski definition) is 1. The van der Waals surface area contributed by atoms with Crippen molar-refractivity contribution in [1.29, 1.82) is 0 Å². The van der Waals surface area contributed by atoms with Crippen LogP contribution in [-0.4, -0.2) is 26.1 Å². The summed E-state index contributed by atoms with van der Waals surface area (Å²) in [5.74, 6) is -0.0684. The number of halogens is 5. The van der Waals surface area contributed by atoms with Crippen molar-refractivity contribution < 1.29 is 22.6 Å². The molecule has 0 aromatic heterocycles. The first-order chi connectivity index (χ1) is 12.8. The number of rotatable bonds is 5. The van der Waals surface area contributed by atoms with E-state index >= 15 is 0 Å². The summed E-state index contributed by atoms with van der Waals surface area (Å²) in [4.78, 5) is 0. The Morgan fingerprint density at radius 3 is 2.48 bits per heavy atom. The molecule has 3 rings (SSSR count). The summed E-state index contributed by atoms with van der Waals surface area (Å²) in [7, 11) is 0. The van der Waals surface area contributed by atoms with Gasteiger partial charge in [0.25, 0.3) is 0 Å². The third-order valence-electron chi connectivity index (χ3n) is 4.37. The standard InChI is InChI=1S/C19H18Cl2F3NO2/c20-15-3-1-2-14(18(15)21)13-4-5-16(27-19(22,23)24)17(10-13)26-11-12-6-8-25-9-7-12/h1-5,10,12,25H,6-9,11H2. The molecule has 1 aliphatic rings. The van der Waals surface area contributed by atoms with Crippen molar-refractivity contribution in [1.82, 2.24) is 5.32 Å². The SMILES string of the molecule is FC(F)(F)Oc1ccc(-c2cccc(Cl)c2Cl)cc1OCC1CCNCC1. The lowest BCUT2D eigenvalue weighted by Crippen LogP contribution is -2.30. The van der Waals surface area contributed by atoms with Crippen molar-refractivity contribution in [3.63, 3.8) is 0 Å². The lowest BCUT2D eigenvalue weighted by Gasteiger charge is -2.23. The minimum atomic E-state index is -4.80. The molecule has 0 radical (unpaired) electrons. The molecule has 27 heavy (non-hydrogen) atoms. The normalized spacial score (nSPS) is 15.6. The highest BCUT2D eigenvalue weighted by atomic mass is 35.5. The molecule has 1 heterocycles. The zero-order valence-corrected chi connectivity index (χ0v) is 15.8. The quantitative estimate of drug-likeness (QED) is 0.650. The van der Waals surface area contributed by atoms with Crippen LogP contribution in [0.2, 0.25) is 10.0 Å². The summed E-state index contributed by atoms with van der Waals surface area (Å²) < 4.78 is 48.0. The van der Waals surface area contributed by atoms with Crippen LogP contribution in [0, 0.1) is 5.92 Å². The predicted octanol–water partition coefficient (Wildman–Crippen LogP) is 5.94. The van der Waals surface area contributed by atoms with Crippen LogP contribution in [0.1, 0.15) is 12.8 Å². The maximum Gasteiger partial charge on any atom is 0.573 e. The van der Waals surface area contributed by atoms with Gasteiger partial charge in [-0.05, 0) is 55.6 Å². The zero-order valence-electron chi connectivity index (χ0n) is 14.3. The van der Waals surface area contributed by atoms with Crippen LogP contribution in [0.25, 0.3) is 11.1 Å². The fourth-order valence-corrected chi connectivity index (χ4v) is 3.39. The first-order valence-corrected chi connectivity index (χ1v) is 9.27. The van der Waals surface area contributed by atoms with Gasteiger partial charge >= 0.3 is 6.36 Å². The fraction of sp³-hybridized carbons (Fsp3) is 0.368. The monoisotopic (exact) mass is 419 g/mol. The number of ether oxygens (including phenoxy) is 2. The first-order valence-electron chi connectivity index (χ1n) is 8.51. The molecular formula is C19H18Cl2F3NO2. The van der Waals surface area contributed by atoms with E-state index in [9.17, 15) is 13.2 Å². The second-order valence-electron chi connectivity index (χ2n) is 6.32.